The first-order chi connectivity index (χ1) is 8.56. The number of anilines is 2. The number of carboxylic acid groups (broad SMARTS) is 1. The average molecular weight is 312 g/mol. The maximum Gasteiger partial charge on any atom is 0.356 e. The van der Waals surface area contributed by atoms with Gasteiger partial charge in [-0.05, 0) is 34.1 Å². The van der Waals surface area contributed by atoms with Gasteiger partial charge in [-0.25, -0.2) is 19.2 Å². The third-order valence-electron chi connectivity index (χ3n) is 2.06. The number of benzene rings is 1. The second kappa shape index (κ2) is 5.09. The van der Waals surface area contributed by atoms with Crippen LogP contribution in [0.4, 0.5) is 15.9 Å². The molecule has 1 aromatic heterocycles. The number of halogens is 2. The molecule has 0 aliphatic heterocycles. The standard InChI is InChI=1S/C11H7BrFN3O2/c12-7-3-6(1-2-8(7)13)16-10-5-14-9(4-15-10)11(17)18/h1-5H,(H,15,16)(H,17,18). The van der Waals surface area contributed by atoms with Gasteiger partial charge < -0.3 is 10.4 Å². The summed E-state index contributed by atoms with van der Waals surface area (Å²) in [6, 6.07) is 4.38. The van der Waals surface area contributed by atoms with Crippen molar-refractivity contribution in [3.8, 4) is 0 Å². The summed E-state index contributed by atoms with van der Waals surface area (Å²) in [7, 11) is 0. The lowest BCUT2D eigenvalue weighted by molar-refractivity contribution is 0.0690. The molecule has 0 aliphatic rings. The van der Waals surface area contributed by atoms with E-state index in [0.29, 0.717) is 16.0 Å². The summed E-state index contributed by atoms with van der Waals surface area (Å²) in [6.07, 6.45) is 2.43. The maximum atomic E-state index is 13.0. The highest BCUT2D eigenvalue weighted by Gasteiger charge is 2.05. The van der Waals surface area contributed by atoms with Crippen molar-refractivity contribution < 1.29 is 14.3 Å². The quantitative estimate of drug-likeness (QED) is 0.911. The number of aromatic nitrogens is 2. The topological polar surface area (TPSA) is 75.1 Å². The van der Waals surface area contributed by atoms with Gasteiger partial charge in [0.2, 0.25) is 0 Å². The van der Waals surface area contributed by atoms with Crippen LogP contribution in [0.1, 0.15) is 10.5 Å². The zero-order valence-corrected chi connectivity index (χ0v) is 10.5. The lowest BCUT2D eigenvalue weighted by atomic mass is 10.3. The molecule has 2 N–H and O–H groups in total. The van der Waals surface area contributed by atoms with Crippen LogP contribution in [0, 0.1) is 5.82 Å². The molecule has 7 heteroatoms. The van der Waals surface area contributed by atoms with E-state index in [0.717, 1.165) is 6.20 Å². The van der Waals surface area contributed by atoms with Crippen LogP contribution in [-0.2, 0) is 0 Å². The van der Waals surface area contributed by atoms with Gasteiger partial charge >= 0.3 is 5.97 Å². The number of aromatic carboxylic acids is 1. The first-order valence-electron chi connectivity index (χ1n) is 4.83. The van der Waals surface area contributed by atoms with E-state index >= 15 is 0 Å². The molecule has 1 heterocycles. The molecule has 0 saturated carbocycles. The van der Waals surface area contributed by atoms with Gasteiger partial charge in [0.15, 0.2) is 5.69 Å². The van der Waals surface area contributed by atoms with Gasteiger partial charge in [0.05, 0.1) is 16.9 Å². The van der Waals surface area contributed by atoms with Crippen molar-refractivity contribution in [3.63, 3.8) is 0 Å². The molecule has 0 aliphatic carbocycles. The normalized spacial score (nSPS) is 10.1. The largest absolute Gasteiger partial charge is 0.476 e. The van der Waals surface area contributed by atoms with Crippen LogP contribution >= 0.6 is 15.9 Å². The number of carbonyl (C=O) groups is 1. The first-order valence-corrected chi connectivity index (χ1v) is 5.63. The molecule has 2 rings (SSSR count). The van der Waals surface area contributed by atoms with Gasteiger partial charge in [0.1, 0.15) is 11.6 Å². The van der Waals surface area contributed by atoms with Crippen molar-refractivity contribution in [2.45, 2.75) is 0 Å². The van der Waals surface area contributed by atoms with Gasteiger partial charge in [-0.2, -0.15) is 0 Å². The molecule has 0 radical (unpaired) electrons. The van der Waals surface area contributed by atoms with Gasteiger partial charge in [0, 0.05) is 5.69 Å². The minimum atomic E-state index is -1.14. The molecule has 0 bridgehead atoms. The summed E-state index contributed by atoms with van der Waals surface area (Å²) in [5.74, 6) is -1.13. The van der Waals surface area contributed by atoms with Crippen LogP contribution in [0.25, 0.3) is 0 Å². The Morgan fingerprint density at radius 2 is 2.11 bits per heavy atom. The van der Waals surface area contributed by atoms with Crippen LogP contribution in [0.3, 0.4) is 0 Å². The van der Waals surface area contributed by atoms with Crippen molar-refractivity contribution in [3.05, 3.63) is 46.6 Å². The van der Waals surface area contributed by atoms with Crippen molar-refractivity contribution in [2.75, 3.05) is 5.32 Å². The van der Waals surface area contributed by atoms with E-state index in [1.807, 2.05) is 0 Å². The Labute approximate surface area is 110 Å². The van der Waals surface area contributed by atoms with E-state index in [1.165, 1.54) is 18.3 Å². The Morgan fingerprint density at radius 1 is 1.33 bits per heavy atom. The predicted octanol–water partition coefficient (Wildman–Crippen LogP) is 2.82. The Hall–Kier alpha value is -2.02. The van der Waals surface area contributed by atoms with E-state index in [4.69, 9.17) is 5.11 Å². The minimum Gasteiger partial charge on any atom is -0.476 e. The zero-order chi connectivity index (χ0) is 13.1. The van der Waals surface area contributed by atoms with Crippen molar-refractivity contribution in [1.82, 2.24) is 9.97 Å². The minimum absolute atomic E-state index is 0.138. The summed E-state index contributed by atoms with van der Waals surface area (Å²) in [5, 5.41) is 11.5. The molecular formula is C11H7BrFN3O2. The van der Waals surface area contributed by atoms with Crippen molar-refractivity contribution in [1.29, 1.82) is 0 Å². The van der Waals surface area contributed by atoms with E-state index in [-0.39, 0.29) is 11.5 Å². The van der Waals surface area contributed by atoms with E-state index < -0.39 is 5.97 Å². The Kier molecular flexibility index (Phi) is 3.52. The molecule has 2 aromatic rings. The number of nitrogens with one attached hydrogen (secondary N) is 1. The Bertz CT molecular complexity index is 589. The number of nitrogens with zero attached hydrogens (tertiary/aromatic N) is 2. The summed E-state index contributed by atoms with van der Waals surface area (Å²) >= 11 is 3.06. The first kappa shape index (κ1) is 12.4. The molecule has 0 spiro atoms. The number of carboxylic acids is 1. The number of hydrogen-bond acceptors (Lipinski definition) is 4. The predicted molar refractivity (Wildman–Crippen MR) is 66.4 cm³/mol. The molecule has 0 fully saturated rings. The van der Waals surface area contributed by atoms with Crippen molar-refractivity contribution >= 4 is 33.4 Å². The third kappa shape index (κ3) is 2.80. The number of hydrogen-bond donors (Lipinski definition) is 2. The number of rotatable bonds is 3. The molecule has 0 unspecified atom stereocenters. The fourth-order valence-electron chi connectivity index (χ4n) is 1.22. The highest BCUT2D eigenvalue weighted by molar-refractivity contribution is 9.10. The molecule has 1 aromatic carbocycles. The second-order valence-corrected chi connectivity index (χ2v) is 4.20. The lowest BCUT2D eigenvalue weighted by Gasteiger charge is -2.05. The highest BCUT2D eigenvalue weighted by atomic mass is 79.9. The summed E-state index contributed by atoms with van der Waals surface area (Å²) in [5.41, 5.74) is 0.474. The van der Waals surface area contributed by atoms with Crippen LogP contribution in [-0.4, -0.2) is 21.0 Å². The monoisotopic (exact) mass is 311 g/mol. The van der Waals surface area contributed by atoms with Crippen LogP contribution < -0.4 is 5.32 Å². The van der Waals surface area contributed by atoms with E-state index in [9.17, 15) is 9.18 Å². The SMILES string of the molecule is O=C(O)c1cnc(Nc2ccc(F)c(Br)c2)cn1. The fraction of sp³-hybridized carbons (Fsp3) is 0. The molecule has 92 valence electrons. The molecule has 5 nitrogen and oxygen atoms in total. The van der Waals surface area contributed by atoms with Gasteiger partial charge in [-0.1, -0.05) is 0 Å². The molecule has 0 saturated heterocycles. The van der Waals surface area contributed by atoms with Crippen LogP contribution in [0.5, 0.6) is 0 Å². The summed E-state index contributed by atoms with van der Waals surface area (Å²) < 4.78 is 13.3. The van der Waals surface area contributed by atoms with Gasteiger partial charge in [0.25, 0.3) is 0 Å². The molecule has 0 amide bonds. The van der Waals surface area contributed by atoms with Crippen LogP contribution in [0.15, 0.2) is 35.1 Å². The smallest absolute Gasteiger partial charge is 0.356 e. The maximum absolute atomic E-state index is 13.0. The average Bonchev–Trinajstić information content (AvgIpc) is 2.34. The zero-order valence-electron chi connectivity index (χ0n) is 8.89. The summed E-state index contributed by atoms with van der Waals surface area (Å²) in [6.45, 7) is 0. The van der Waals surface area contributed by atoms with E-state index in [2.05, 4.69) is 31.2 Å². The molecule has 0 atom stereocenters. The van der Waals surface area contributed by atoms with Crippen LogP contribution in [0.2, 0.25) is 0 Å². The van der Waals surface area contributed by atoms with E-state index in [1.54, 1.807) is 6.07 Å². The Morgan fingerprint density at radius 3 is 2.67 bits per heavy atom. The second-order valence-electron chi connectivity index (χ2n) is 3.35. The summed E-state index contributed by atoms with van der Waals surface area (Å²) in [4.78, 5) is 18.2. The molecule has 18 heavy (non-hydrogen) atoms. The fourth-order valence-corrected chi connectivity index (χ4v) is 1.60. The van der Waals surface area contributed by atoms with Crippen molar-refractivity contribution in [2.24, 2.45) is 0 Å². The lowest BCUT2D eigenvalue weighted by Crippen LogP contribution is -2.02. The molecular weight excluding hydrogens is 305 g/mol. The van der Waals surface area contributed by atoms with Gasteiger partial charge in [-0.3, -0.25) is 0 Å². The third-order valence-corrected chi connectivity index (χ3v) is 2.67. The van der Waals surface area contributed by atoms with Gasteiger partial charge in [-0.15, -0.1) is 0 Å². The highest BCUT2D eigenvalue weighted by Crippen LogP contribution is 2.22. The Balaban J connectivity index is 2.18.